The van der Waals surface area contributed by atoms with Gasteiger partial charge in [-0.3, -0.25) is 20.4 Å². The fraction of sp³-hybridized carbons (Fsp3) is 0.409. The first-order valence-electron chi connectivity index (χ1n) is 10.6. The van der Waals surface area contributed by atoms with Crippen molar-refractivity contribution in [2.24, 2.45) is 5.84 Å². The molecule has 0 bridgehead atoms. The van der Waals surface area contributed by atoms with Crippen LogP contribution >= 0.6 is 11.6 Å². The van der Waals surface area contributed by atoms with Crippen LogP contribution in [0.2, 0.25) is 5.02 Å². The lowest BCUT2D eigenvalue weighted by Crippen LogP contribution is -2.61. The zero-order chi connectivity index (χ0) is 23.9. The quantitative estimate of drug-likeness (QED) is 0.483. The predicted molar refractivity (Wildman–Crippen MR) is 122 cm³/mol. The number of carboxylic acids is 1. The maximum absolute atomic E-state index is 13.9. The standard InChI is InChI=1S/C22H25ClN4O5S/c1-33(31,32)27(24)18-9-5-4-8-17(18)26-20(15-10-11-25-12-16(15)23)19(22(29)30)13-6-2-3-7-14(13)21(26)28/h2-3,6-7,10-12,17-20H,4-5,8-9,24H2,1H3,(H,29,30)/t17-,18-,19+,20-/m0/s1. The molecular formula is C22H25ClN4O5S. The van der Waals surface area contributed by atoms with Gasteiger partial charge in [-0.2, -0.15) is 0 Å². The molecule has 0 saturated heterocycles. The van der Waals surface area contributed by atoms with Gasteiger partial charge in [-0.05, 0) is 36.1 Å². The SMILES string of the molecule is CS(=O)(=O)N(N)[C@H]1CCCC[C@@H]1N1C(=O)c2ccccc2[C@@H](C(=O)O)[C@@H]1c1ccncc1Cl. The molecule has 33 heavy (non-hydrogen) atoms. The highest BCUT2D eigenvalue weighted by atomic mass is 35.5. The Labute approximate surface area is 197 Å². The predicted octanol–water partition coefficient (Wildman–Crippen LogP) is 2.55. The number of carbonyl (C=O) groups excluding carboxylic acids is 1. The molecule has 3 N–H and O–H groups in total. The highest BCUT2D eigenvalue weighted by Crippen LogP contribution is 2.47. The highest BCUT2D eigenvalue weighted by Gasteiger charge is 2.50. The second-order valence-electron chi connectivity index (χ2n) is 8.47. The summed E-state index contributed by atoms with van der Waals surface area (Å²) in [6.45, 7) is 0. The van der Waals surface area contributed by atoms with Crippen molar-refractivity contribution in [2.45, 2.75) is 49.7 Å². The molecule has 0 unspecified atom stereocenters. The lowest BCUT2D eigenvalue weighted by Gasteiger charge is -2.49. The van der Waals surface area contributed by atoms with Crippen molar-refractivity contribution < 1.29 is 23.1 Å². The van der Waals surface area contributed by atoms with E-state index in [9.17, 15) is 23.1 Å². The molecule has 2 aromatic rings. The summed E-state index contributed by atoms with van der Waals surface area (Å²) in [7, 11) is -3.75. The van der Waals surface area contributed by atoms with Gasteiger partial charge >= 0.3 is 5.97 Å². The van der Waals surface area contributed by atoms with Gasteiger partial charge in [0.05, 0.1) is 29.4 Å². The van der Waals surface area contributed by atoms with E-state index >= 15 is 0 Å². The number of aliphatic carboxylic acids is 1. The largest absolute Gasteiger partial charge is 0.481 e. The molecular weight excluding hydrogens is 468 g/mol. The maximum Gasteiger partial charge on any atom is 0.313 e. The maximum atomic E-state index is 13.9. The molecule has 11 heteroatoms. The van der Waals surface area contributed by atoms with E-state index in [1.807, 2.05) is 0 Å². The Hall–Kier alpha value is -2.53. The molecule has 1 aromatic heterocycles. The number of aromatic nitrogens is 1. The first-order valence-corrected chi connectivity index (χ1v) is 12.8. The number of hydrazine groups is 1. The first kappa shape index (κ1) is 23.6. The van der Waals surface area contributed by atoms with E-state index in [4.69, 9.17) is 17.4 Å². The first-order chi connectivity index (χ1) is 15.6. The fourth-order valence-electron chi connectivity index (χ4n) is 5.10. The van der Waals surface area contributed by atoms with Gasteiger partial charge in [-0.25, -0.2) is 8.42 Å². The molecule has 0 spiro atoms. The zero-order valence-electron chi connectivity index (χ0n) is 18.0. The van der Waals surface area contributed by atoms with Crippen molar-refractivity contribution in [3.8, 4) is 0 Å². The van der Waals surface area contributed by atoms with E-state index in [0.717, 1.165) is 23.5 Å². The lowest BCUT2D eigenvalue weighted by molar-refractivity contribution is -0.141. The Morgan fingerprint density at radius 3 is 2.58 bits per heavy atom. The topological polar surface area (TPSA) is 134 Å². The van der Waals surface area contributed by atoms with Crippen molar-refractivity contribution in [1.82, 2.24) is 14.3 Å². The molecule has 1 saturated carbocycles. The molecule has 1 fully saturated rings. The van der Waals surface area contributed by atoms with Crippen molar-refractivity contribution in [3.05, 3.63) is 64.4 Å². The van der Waals surface area contributed by atoms with Gasteiger partial charge in [0, 0.05) is 18.0 Å². The second-order valence-corrected chi connectivity index (χ2v) is 10.8. The van der Waals surface area contributed by atoms with Crippen LogP contribution in [-0.2, 0) is 14.8 Å². The van der Waals surface area contributed by atoms with Crippen molar-refractivity contribution in [3.63, 3.8) is 0 Å². The van der Waals surface area contributed by atoms with Gasteiger partial charge in [-0.1, -0.05) is 42.6 Å². The summed E-state index contributed by atoms with van der Waals surface area (Å²) in [5.41, 5.74) is 1.11. The average molecular weight is 493 g/mol. The van der Waals surface area contributed by atoms with E-state index < -0.39 is 40.0 Å². The molecule has 1 aromatic carbocycles. The molecule has 1 amide bonds. The summed E-state index contributed by atoms with van der Waals surface area (Å²) in [5, 5.41) is 10.5. The van der Waals surface area contributed by atoms with Gasteiger partial charge in [-0.15, -0.1) is 4.41 Å². The summed E-state index contributed by atoms with van der Waals surface area (Å²) >= 11 is 6.45. The van der Waals surface area contributed by atoms with E-state index in [-0.39, 0.29) is 16.5 Å². The minimum atomic E-state index is -3.75. The summed E-state index contributed by atoms with van der Waals surface area (Å²) in [4.78, 5) is 31.9. The van der Waals surface area contributed by atoms with E-state index in [0.29, 0.717) is 24.0 Å². The van der Waals surface area contributed by atoms with Crippen molar-refractivity contribution in [2.75, 3.05) is 6.26 Å². The smallest absolute Gasteiger partial charge is 0.313 e. The molecule has 4 atom stereocenters. The van der Waals surface area contributed by atoms with Crippen LogP contribution in [0.3, 0.4) is 0 Å². The molecule has 2 aliphatic rings. The number of nitrogens with zero attached hydrogens (tertiary/aromatic N) is 3. The Morgan fingerprint density at radius 1 is 1.21 bits per heavy atom. The van der Waals surface area contributed by atoms with Crippen LogP contribution in [0.25, 0.3) is 0 Å². The molecule has 9 nitrogen and oxygen atoms in total. The van der Waals surface area contributed by atoms with Gasteiger partial charge < -0.3 is 10.0 Å². The van der Waals surface area contributed by atoms with E-state index in [1.165, 1.54) is 17.3 Å². The Balaban J connectivity index is 1.94. The molecule has 176 valence electrons. The number of nitrogens with two attached hydrogens (primary N) is 1. The monoisotopic (exact) mass is 492 g/mol. The van der Waals surface area contributed by atoms with Gasteiger partial charge in [0.25, 0.3) is 5.91 Å². The average Bonchev–Trinajstić information content (AvgIpc) is 2.78. The summed E-state index contributed by atoms with van der Waals surface area (Å²) < 4.78 is 25.4. The minimum absolute atomic E-state index is 0.228. The van der Waals surface area contributed by atoms with Crippen LogP contribution in [0.4, 0.5) is 0 Å². The normalized spacial score (nSPS) is 25.7. The van der Waals surface area contributed by atoms with Gasteiger partial charge in [0.15, 0.2) is 0 Å². The van der Waals surface area contributed by atoms with Gasteiger partial charge in [0.2, 0.25) is 10.0 Å². The molecule has 0 radical (unpaired) electrons. The highest BCUT2D eigenvalue weighted by molar-refractivity contribution is 7.88. The number of benzene rings is 1. The number of carboxylic acid groups (broad SMARTS) is 1. The van der Waals surface area contributed by atoms with Crippen LogP contribution in [-0.4, -0.2) is 58.0 Å². The number of pyridine rings is 1. The third kappa shape index (κ3) is 4.23. The Kier molecular flexibility index (Phi) is 6.45. The number of hydrogen-bond donors (Lipinski definition) is 2. The molecule has 2 heterocycles. The summed E-state index contributed by atoms with van der Waals surface area (Å²) in [5.74, 6) is 3.43. The summed E-state index contributed by atoms with van der Waals surface area (Å²) in [6.07, 6.45) is 6.34. The third-order valence-electron chi connectivity index (χ3n) is 6.53. The number of hydrogen-bond acceptors (Lipinski definition) is 6. The molecule has 1 aliphatic carbocycles. The van der Waals surface area contributed by atoms with E-state index in [2.05, 4.69) is 4.98 Å². The van der Waals surface area contributed by atoms with Gasteiger partial charge in [0.1, 0.15) is 5.92 Å². The Morgan fingerprint density at radius 2 is 1.91 bits per heavy atom. The van der Waals surface area contributed by atoms with Crippen LogP contribution < -0.4 is 5.84 Å². The fourth-order valence-corrected chi connectivity index (χ4v) is 6.07. The number of amides is 1. The van der Waals surface area contributed by atoms with Crippen LogP contribution in [0, 0.1) is 0 Å². The number of fused-ring (bicyclic) bond motifs is 1. The zero-order valence-corrected chi connectivity index (χ0v) is 19.5. The van der Waals surface area contributed by atoms with Crippen molar-refractivity contribution >= 4 is 33.5 Å². The van der Waals surface area contributed by atoms with E-state index in [1.54, 1.807) is 30.3 Å². The van der Waals surface area contributed by atoms with Crippen molar-refractivity contribution in [1.29, 1.82) is 0 Å². The third-order valence-corrected chi connectivity index (χ3v) is 7.88. The number of halogens is 1. The minimum Gasteiger partial charge on any atom is -0.481 e. The molecule has 4 rings (SSSR count). The second kappa shape index (κ2) is 9.02. The number of rotatable bonds is 5. The van der Waals surface area contributed by atoms with Crippen LogP contribution in [0.1, 0.15) is 59.1 Å². The molecule has 1 aliphatic heterocycles. The number of carbonyl (C=O) groups is 2. The van der Waals surface area contributed by atoms with Crippen LogP contribution in [0.5, 0.6) is 0 Å². The Bertz CT molecular complexity index is 1190. The lowest BCUT2D eigenvalue weighted by atomic mass is 9.77. The number of sulfonamides is 1. The van der Waals surface area contributed by atoms with Crippen LogP contribution in [0.15, 0.2) is 42.7 Å². The summed E-state index contributed by atoms with van der Waals surface area (Å²) in [6, 6.07) is 5.92.